The zero-order chi connectivity index (χ0) is 17.6. The summed E-state index contributed by atoms with van der Waals surface area (Å²) < 4.78 is 0. The third kappa shape index (κ3) is 2.37. The summed E-state index contributed by atoms with van der Waals surface area (Å²) in [6.45, 7) is 4.47. The second kappa shape index (κ2) is 5.88. The van der Waals surface area contributed by atoms with Crippen molar-refractivity contribution >= 4 is 23.1 Å². The van der Waals surface area contributed by atoms with Crippen molar-refractivity contribution in [2.75, 3.05) is 11.4 Å². The van der Waals surface area contributed by atoms with E-state index in [1.54, 1.807) is 0 Å². The van der Waals surface area contributed by atoms with Crippen LogP contribution in [0.4, 0.5) is 5.69 Å². The molecule has 4 nitrogen and oxygen atoms in total. The monoisotopic (exact) mass is 332 g/mol. The van der Waals surface area contributed by atoms with Gasteiger partial charge >= 0.3 is 0 Å². The lowest BCUT2D eigenvalue weighted by molar-refractivity contribution is -0.138. The molecule has 0 saturated carbocycles. The Kier molecular flexibility index (Phi) is 3.68. The Hall–Kier alpha value is -2.88. The van der Waals surface area contributed by atoms with Crippen molar-refractivity contribution in [3.05, 3.63) is 71.4 Å². The Labute approximate surface area is 147 Å². The first-order chi connectivity index (χ1) is 12.1. The summed E-state index contributed by atoms with van der Waals surface area (Å²) in [6, 6.07) is 17.4. The predicted octanol–water partition coefficient (Wildman–Crippen LogP) is 3.24. The number of anilines is 1. The van der Waals surface area contributed by atoms with E-state index in [1.165, 1.54) is 10.5 Å². The number of hydrogen-bond donors (Lipinski definition) is 0. The minimum Gasteiger partial charge on any atom is -0.336 e. The maximum absolute atomic E-state index is 13.1. The molecule has 0 aliphatic carbocycles. The van der Waals surface area contributed by atoms with Gasteiger partial charge in [-0.15, -0.1) is 0 Å². The Balaban J connectivity index is 1.91. The van der Waals surface area contributed by atoms with Crippen LogP contribution in [0.1, 0.15) is 25.0 Å². The minimum atomic E-state index is -0.203. The van der Waals surface area contributed by atoms with Gasteiger partial charge in [0.2, 0.25) is 0 Å². The third-order valence-electron chi connectivity index (χ3n) is 4.83. The van der Waals surface area contributed by atoms with Gasteiger partial charge in [0.05, 0.1) is 5.57 Å². The van der Waals surface area contributed by atoms with Crippen LogP contribution >= 0.6 is 0 Å². The van der Waals surface area contributed by atoms with Gasteiger partial charge in [0, 0.05) is 18.3 Å². The number of rotatable bonds is 3. The van der Waals surface area contributed by atoms with Crippen LogP contribution in [0.2, 0.25) is 0 Å². The highest BCUT2D eigenvalue weighted by molar-refractivity contribution is 6.37. The molecule has 126 valence electrons. The van der Waals surface area contributed by atoms with E-state index >= 15 is 0 Å². The minimum absolute atomic E-state index is 0.172. The Morgan fingerprint density at radius 1 is 0.880 bits per heavy atom. The highest BCUT2D eigenvalue weighted by atomic mass is 16.2. The summed E-state index contributed by atoms with van der Waals surface area (Å²) >= 11 is 0. The third-order valence-corrected chi connectivity index (χ3v) is 4.83. The zero-order valence-electron chi connectivity index (χ0n) is 14.4. The van der Waals surface area contributed by atoms with E-state index in [9.17, 15) is 9.59 Å². The first-order valence-corrected chi connectivity index (χ1v) is 8.62. The van der Waals surface area contributed by atoms with Crippen LogP contribution in [-0.4, -0.2) is 29.3 Å². The molecule has 2 aromatic carbocycles. The fourth-order valence-electron chi connectivity index (χ4n) is 3.69. The lowest BCUT2D eigenvalue weighted by atomic mass is 10.0. The molecule has 0 spiro atoms. The van der Waals surface area contributed by atoms with Crippen LogP contribution in [0, 0.1) is 0 Å². The average Bonchev–Trinajstić information content (AvgIpc) is 3.14. The number of carbonyl (C=O) groups is 2. The van der Waals surface area contributed by atoms with Gasteiger partial charge in [-0.25, -0.2) is 0 Å². The summed E-state index contributed by atoms with van der Waals surface area (Å²) in [4.78, 5) is 29.6. The second-order valence-electron chi connectivity index (χ2n) is 6.69. The molecule has 25 heavy (non-hydrogen) atoms. The van der Waals surface area contributed by atoms with Crippen LogP contribution in [-0.2, 0) is 16.0 Å². The molecule has 2 heterocycles. The lowest BCUT2D eigenvalue weighted by Gasteiger charge is -2.23. The van der Waals surface area contributed by atoms with Crippen LogP contribution < -0.4 is 4.90 Å². The van der Waals surface area contributed by atoms with Gasteiger partial charge in [-0.3, -0.25) is 14.5 Å². The normalized spacial score (nSPS) is 17.1. The number of hydrogen-bond acceptors (Lipinski definition) is 3. The standard InChI is InChI=1S/C21H20N2O2/c1-14(2)23-20(24)18(16-9-4-3-5-10-16)19(21(23)25)22-13-12-15-8-6-7-11-17(15)22/h3-11,14H,12-13H2,1-2H3. The van der Waals surface area contributed by atoms with E-state index in [0.29, 0.717) is 11.3 Å². The van der Waals surface area contributed by atoms with Crippen molar-refractivity contribution < 1.29 is 9.59 Å². The molecule has 0 N–H and O–H groups in total. The molecule has 2 aromatic rings. The molecule has 2 amide bonds. The Bertz CT molecular complexity index is 884. The van der Waals surface area contributed by atoms with Gasteiger partial charge in [-0.05, 0) is 37.5 Å². The average molecular weight is 332 g/mol. The molecular formula is C21H20N2O2. The van der Waals surface area contributed by atoms with Crippen LogP contribution in [0.25, 0.3) is 5.57 Å². The molecule has 0 bridgehead atoms. The highest BCUT2D eigenvalue weighted by Crippen LogP contribution is 2.38. The molecular weight excluding hydrogens is 312 g/mol. The van der Waals surface area contributed by atoms with Crippen molar-refractivity contribution in [2.24, 2.45) is 0 Å². The first kappa shape index (κ1) is 15.6. The Morgan fingerprint density at radius 3 is 2.28 bits per heavy atom. The lowest BCUT2D eigenvalue weighted by Crippen LogP contribution is -2.39. The Morgan fingerprint density at radius 2 is 1.56 bits per heavy atom. The van der Waals surface area contributed by atoms with Crippen LogP contribution in [0.15, 0.2) is 60.3 Å². The topological polar surface area (TPSA) is 40.6 Å². The quantitative estimate of drug-likeness (QED) is 0.810. The number of amides is 2. The fourth-order valence-corrected chi connectivity index (χ4v) is 3.69. The van der Waals surface area contributed by atoms with Gasteiger partial charge < -0.3 is 4.90 Å². The molecule has 2 aliphatic rings. The highest BCUT2D eigenvalue weighted by Gasteiger charge is 2.44. The first-order valence-electron chi connectivity index (χ1n) is 8.62. The van der Waals surface area contributed by atoms with E-state index in [2.05, 4.69) is 6.07 Å². The number of carbonyl (C=O) groups excluding carboxylic acids is 2. The molecule has 2 aliphatic heterocycles. The van der Waals surface area contributed by atoms with E-state index in [4.69, 9.17) is 0 Å². The molecule has 0 fully saturated rings. The van der Waals surface area contributed by atoms with Gasteiger partial charge in [0.1, 0.15) is 5.70 Å². The van der Waals surface area contributed by atoms with Crippen molar-refractivity contribution in [2.45, 2.75) is 26.3 Å². The summed E-state index contributed by atoms with van der Waals surface area (Å²) in [5.41, 5.74) is 4.05. The molecule has 0 saturated heterocycles. The van der Waals surface area contributed by atoms with Gasteiger partial charge in [-0.1, -0.05) is 48.5 Å². The molecule has 0 atom stereocenters. The van der Waals surface area contributed by atoms with Crippen molar-refractivity contribution in [3.63, 3.8) is 0 Å². The molecule has 4 rings (SSSR count). The van der Waals surface area contributed by atoms with Gasteiger partial charge in [-0.2, -0.15) is 0 Å². The summed E-state index contributed by atoms with van der Waals surface area (Å²) in [6.07, 6.45) is 0.880. The largest absolute Gasteiger partial charge is 0.336 e. The number of benzene rings is 2. The summed E-state index contributed by atoms with van der Waals surface area (Å²) in [5.74, 6) is -0.402. The van der Waals surface area contributed by atoms with Gasteiger partial charge in [0.25, 0.3) is 11.8 Å². The SMILES string of the molecule is CC(C)N1C(=O)C(c2ccccc2)=C(N2CCc3ccccc32)C1=O. The summed E-state index contributed by atoms with van der Waals surface area (Å²) in [5, 5.41) is 0. The number of para-hydroxylation sites is 1. The molecule has 0 unspecified atom stereocenters. The number of fused-ring (bicyclic) bond motifs is 1. The van der Waals surface area contributed by atoms with E-state index < -0.39 is 0 Å². The smallest absolute Gasteiger partial charge is 0.278 e. The maximum atomic E-state index is 13.1. The molecule has 4 heteroatoms. The molecule has 0 aromatic heterocycles. The number of nitrogens with zero attached hydrogens (tertiary/aromatic N) is 2. The maximum Gasteiger partial charge on any atom is 0.278 e. The van der Waals surface area contributed by atoms with E-state index in [1.807, 2.05) is 67.3 Å². The fraction of sp³-hybridized carbons (Fsp3) is 0.238. The summed E-state index contributed by atoms with van der Waals surface area (Å²) in [7, 11) is 0. The van der Waals surface area contributed by atoms with Crippen molar-refractivity contribution in [3.8, 4) is 0 Å². The van der Waals surface area contributed by atoms with E-state index in [0.717, 1.165) is 24.2 Å². The molecule has 0 radical (unpaired) electrons. The van der Waals surface area contributed by atoms with Crippen molar-refractivity contribution in [1.82, 2.24) is 4.90 Å². The number of imide groups is 1. The zero-order valence-corrected chi connectivity index (χ0v) is 14.4. The van der Waals surface area contributed by atoms with Crippen molar-refractivity contribution in [1.29, 1.82) is 0 Å². The van der Waals surface area contributed by atoms with E-state index in [-0.39, 0.29) is 17.9 Å². The van der Waals surface area contributed by atoms with Crippen LogP contribution in [0.3, 0.4) is 0 Å². The predicted molar refractivity (Wildman–Crippen MR) is 97.8 cm³/mol. The second-order valence-corrected chi connectivity index (χ2v) is 6.69. The van der Waals surface area contributed by atoms with Gasteiger partial charge in [0.15, 0.2) is 0 Å². The van der Waals surface area contributed by atoms with Crippen LogP contribution in [0.5, 0.6) is 0 Å².